The van der Waals surface area contributed by atoms with E-state index < -0.39 is 0 Å². The molecule has 0 saturated carbocycles. The van der Waals surface area contributed by atoms with E-state index in [4.69, 9.17) is 0 Å². The summed E-state index contributed by atoms with van der Waals surface area (Å²) in [5.74, 6) is 0. The number of hydrogen-bond donors (Lipinski definition) is 0. The third-order valence-corrected chi connectivity index (χ3v) is 4.13. The number of nitrogens with zero attached hydrogens (tertiary/aromatic N) is 1. The third-order valence-electron chi connectivity index (χ3n) is 4.13. The Kier molecular flexibility index (Phi) is 4.47. The van der Waals surface area contributed by atoms with Gasteiger partial charge >= 0.3 is 0 Å². The van der Waals surface area contributed by atoms with E-state index in [1.807, 2.05) is 0 Å². The highest BCUT2D eigenvalue weighted by Gasteiger charge is 2.12. The lowest BCUT2D eigenvalue weighted by atomic mass is 10.1. The molecule has 0 aliphatic carbocycles. The van der Waals surface area contributed by atoms with Crippen LogP contribution in [-0.2, 0) is 6.54 Å². The molecule has 0 N–H and O–H groups in total. The van der Waals surface area contributed by atoms with Crippen LogP contribution in [0.4, 0.5) is 11.4 Å². The summed E-state index contributed by atoms with van der Waals surface area (Å²) < 4.78 is 0. The molecule has 0 aliphatic rings. The normalized spacial score (nSPS) is 10.6. The van der Waals surface area contributed by atoms with Crippen LogP contribution in [-0.4, -0.2) is 0 Å². The van der Waals surface area contributed by atoms with E-state index in [0.29, 0.717) is 0 Å². The fraction of sp³-hybridized carbons (Fsp3) is 0.182. The molecule has 0 bridgehead atoms. The van der Waals surface area contributed by atoms with Crippen molar-refractivity contribution >= 4 is 11.4 Å². The van der Waals surface area contributed by atoms with E-state index in [2.05, 4.69) is 98.5 Å². The van der Waals surface area contributed by atoms with Crippen LogP contribution in [0.25, 0.3) is 0 Å². The van der Waals surface area contributed by atoms with Gasteiger partial charge in [0, 0.05) is 17.9 Å². The highest BCUT2D eigenvalue weighted by molar-refractivity contribution is 5.66. The van der Waals surface area contributed by atoms with Crippen LogP contribution in [0.5, 0.6) is 0 Å². The summed E-state index contributed by atoms with van der Waals surface area (Å²) >= 11 is 0. The zero-order valence-corrected chi connectivity index (χ0v) is 14.1. The zero-order chi connectivity index (χ0) is 16.2. The maximum absolute atomic E-state index is 2.39. The van der Waals surface area contributed by atoms with E-state index in [1.165, 1.54) is 33.6 Å². The second kappa shape index (κ2) is 6.70. The Morgan fingerprint density at radius 3 is 2.13 bits per heavy atom. The van der Waals surface area contributed by atoms with E-state index in [-0.39, 0.29) is 0 Å². The first kappa shape index (κ1) is 15.4. The van der Waals surface area contributed by atoms with Gasteiger partial charge in [0.2, 0.25) is 0 Å². The average molecular weight is 301 g/mol. The van der Waals surface area contributed by atoms with Crippen molar-refractivity contribution in [1.29, 1.82) is 0 Å². The van der Waals surface area contributed by atoms with Gasteiger partial charge in [0.05, 0.1) is 0 Å². The van der Waals surface area contributed by atoms with Crippen LogP contribution in [0.2, 0.25) is 0 Å². The standard InChI is InChI=1S/C22H23N/c1-17-8-7-9-20(15-17)16-23(21-10-5-4-6-11-21)22-13-12-18(2)14-19(22)3/h4-15H,16H2,1-3H3. The Morgan fingerprint density at radius 1 is 0.696 bits per heavy atom. The summed E-state index contributed by atoms with van der Waals surface area (Å²) in [6.45, 7) is 7.35. The Bertz CT molecular complexity index is 790. The number of rotatable bonds is 4. The molecule has 0 spiro atoms. The van der Waals surface area contributed by atoms with E-state index in [1.54, 1.807) is 0 Å². The summed E-state index contributed by atoms with van der Waals surface area (Å²) in [4.78, 5) is 2.39. The fourth-order valence-electron chi connectivity index (χ4n) is 3.02. The van der Waals surface area contributed by atoms with Gasteiger partial charge in [-0.3, -0.25) is 0 Å². The Hall–Kier alpha value is -2.54. The number of anilines is 2. The number of hydrogen-bond acceptors (Lipinski definition) is 1. The molecule has 3 aromatic carbocycles. The second-order valence-corrected chi connectivity index (χ2v) is 6.20. The molecule has 116 valence electrons. The lowest BCUT2D eigenvalue weighted by Crippen LogP contribution is -2.17. The topological polar surface area (TPSA) is 3.24 Å². The van der Waals surface area contributed by atoms with E-state index >= 15 is 0 Å². The summed E-state index contributed by atoms with van der Waals surface area (Å²) in [5, 5.41) is 0. The van der Waals surface area contributed by atoms with Crippen molar-refractivity contribution in [3.8, 4) is 0 Å². The monoisotopic (exact) mass is 301 g/mol. The van der Waals surface area contributed by atoms with Crippen molar-refractivity contribution in [2.24, 2.45) is 0 Å². The molecular weight excluding hydrogens is 278 g/mol. The van der Waals surface area contributed by atoms with Gasteiger partial charge in [-0.25, -0.2) is 0 Å². The van der Waals surface area contributed by atoms with Gasteiger partial charge in [0.25, 0.3) is 0 Å². The first-order valence-electron chi connectivity index (χ1n) is 8.09. The average Bonchev–Trinajstić information content (AvgIpc) is 2.54. The molecule has 0 heterocycles. The summed E-state index contributed by atoms with van der Waals surface area (Å²) in [7, 11) is 0. The Morgan fingerprint density at radius 2 is 1.43 bits per heavy atom. The molecule has 1 heteroatoms. The lowest BCUT2D eigenvalue weighted by molar-refractivity contribution is 0.966. The fourth-order valence-corrected chi connectivity index (χ4v) is 3.02. The summed E-state index contributed by atoms with van der Waals surface area (Å²) in [5.41, 5.74) is 7.73. The van der Waals surface area contributed by atoms with Crippen LogP contribution in [0, 0.1) is 20.8 Å². The quantitative estimate of drug-likeness (QED) is 0.575. The molecule has 3 aromatic rings. The molecule has 0 unspecified atom stereocenters. The summed E-state index contributed by atoms with van der Waals surface area (Å²) in [6.07, 6.45) is 0. The van der Waals surface area contributed by atoms with Crippen LogP contribution in [0.3, 0.4) is 0 Å². The molecule has 3 rings (SSSR count). The number of benzene rings is 3. The van der Waals surface area contributed by atoms with Gasteiger partial charge < -0.3 is 4.90 Å². The van der Waals surface area contributed by atoms with Gasteiger partial charge in [-0.2, -0.15) is 0 Å². The maximum atomic E-state index is 2.39. The van der Waals surface area contributed by atoms with Crippen molar-refractivity contribution in [1.82, 2.24) is 0 Å². The van der Waals surface area contributed by atoms with Gasteiger partial charge in [-0.15, -0.1) is 0 Å². The molecular formula is C22H23N. The predicted molar refractivity (Wildman–Crippen MR) is 99.4 cm³/mol. The maximum Gasteiger partial charge on any atom is 0.0481 e. The smallest absolute Gasteiger partial charge is 0.0481 e. The molecule has 0 saturated heterocycles. The van der Waals surface area contributed by atoms with E-state index in [0.717, 1.165) is 6.54 Å². The largest absolute Gasteiger partial charge is 0.337 e. The van der Waals surface area contributed by atoms with Crippen LogP contribution in [0.15, 0.2) is 72.8 Å². The van der Waals surface area contributed by atoms with Gasteiger partial charge in [0.15, 0.2) is 0 Å². The van der Waals surface area contributed by atoms with Crippen molar-refractivity contribution in [3.05, 3.63) is 95.1 Å². The van der Waals surface area contributed by atoms with Crippen LogP contribution in [0.1, 0.15) is 22.3 Å². The van der Waals surface area contributed by atoms with E-state index in [9.17, 15) is 0 Å². The van der Waals surface area contributed by atoms with Gasteiger partial charge in [-0.1, -0.05) is 65.7 Å². The van der Waals surface area contributed by atoms with Gasteiger partial charge in [-0.05, 0) is 50.1 Å². The van der Waals surface area contributed by atoms with Crippen LogP contribution < -0.4 is 4.90 Å². The molecule has 1 nitrogen and oxygen atoms in total. The van der Waals surface area contributed by atoms with Crippen LogP contribution >= 0.6 is 0 Å². The van der Waals surface area contributed by atoms with Crippen molar-refractivity contribution in [2.75, 3.05) is 4.90 Å². The van der Waals surface area contributed by atoms with Crippen molar-refractivity contribution in [3.63, 3.8) is 0 Å². The minimum Gasteiger partial charge on any atom is -0.337 e. The molecule has 0 amide bonds. The molecule has 0 aromatic heterocycles. The Labute approximate surface area is 139 Å². The van der Waals surface area contributed by atoms with Gasteiger partial charge in [0.1, 0.15) is 0 Å². The summed E-state index contributed by atoms with van der Waals surface area (Å²) in [6, 6.07) is 26.0. The molecule has 0 atom stereocenters. The van der Waals surface area contributed by atoms with Crippen molar-refractivity contribution in [2.45, 2.75) is 27.3 Å². The Balaban J connectivity index is 2.03. The third kappa shape index (κ3) is 3.62. The number of para-hydroxylation sites is 1. The zero-order valence-electron chi connectivity index (χ0n) is 14.1. The lowest BCUT2D eigenvalue weighted by Gasteiger charge is -2.27. The SMILES string of the molecule is Cc1cccc(CN(c2ccccc2)c2ccc(C)cc2C)c1. The second-order valence-electron chi connectivity index (χ2n) is 6.20. The highest BCUT2D eigenvalue weighted by atomic mass is 15.1. The first-order chi connectivity index (χ1) is 11.1. The molecule has 0 fully saturated rings. The molecule has 23 heavy (non-hydrogen) atoms. The highest BCUT2D eigenvalue weighted by Crippen LogP contribution is 2.30. The predicted octanol–water partition coefficient (Wildman–Crippen LogP) is 5.95. The first-order valence-corrected chi connectivity index (χ1v) is 8.09. The van der Waals surface area contributed by atoms with Crippen molar-refractivity contribution < 1.29 is 0 Å². The minimum atomic E-state index is 0.871. The minimum absolute atomic E-state index is 0.871. The number of aryl methyl sites for hydroxylation is 3. The molecule has 0 radical (unpaired) electrons. The molecule has 0 aliphatic heterocycles.